The van der Waals surface area contributed by atoms with Gasteiger partial charge in [0.25, 0.3) is 0 Å². The standard InChI is InChI=1S/C13H16Cl2N2O3S/c1-3-8-16-12(18)7-9-17(21(2,19)20)11-6-4-5-10(14)13(11)15/h3-6H,1,7-9H2,2H3,(H,16,18). The monoisotopic (exact) mass is 350 g/mol. The maximum atomic E-state index is 11.9. The van der Waals surface area contributed by atoms with Crippen LogP contribution in [0.5, 0.6) is 0 Å². The average molecular weight is 351 g/mol. The molecule has 0 aliphatic heterocycles. The van der Waals surface area contributed by atoms with Gasteiger partial charge in [-0.25, -0.2) is 8.42 Å². The van der Waals surface area contributed by atoms with Gasteiger partial charge < -0.3 is 5.32 Å². The molecule has 5 nitrogen and oxygen atoms in total. The van der Waals surface area contributed by atoms with Crippen LogP contribution >= 0.6 is 23.2 Å². The van der Waals surface area contributed by atoms with Crippen LogP contribution in [0.2, 0.25) is 10.0 Å². The molecule has 0 bridgehead atoms. The van der Waals surface area contributed by atoms with Gasteiger partial charge >= 0.3 is 0 Å². The lowest BCUT2D eigenvalue weighted by Crippen LogP contribution is -2.34. The summed E-state index contributed by atoms with van der Waals surface area (Å²) < 4.78 is 24.9. The van der Waals surface area contributed by atoms with E-state index in [1.54, 1.807) is 18.2 Å². The molecule has 0 saturated carbocycles. The average Bonchev–Trinajstić information content (AvgIpc) is 2.39. The number of benzene rings is 1. The number of amides is 1. The molecule has 116 valence electrons. The third-order valence-electron chi connectivity index (χ3n) is 2.59. The lowest BCUT2D eigenvalue weighted by atomic mass is 10.3. The second-order valence-corrected chi connectivity index (χ2v) is 6.94. The Labute approximate surface area is 134 Å². The highest BCUT2D eigenvalue weighted by atomic mass is 35.5. The predicted molar refractivity (Wildman–Crippen MR) is 86.5 cm³/mol. The van der Waals surface area contributed by atoms with E-state index < -0.39 is 10.0 Å². The van der Waals surface area contributed by atoms with E-state index in [1.165, 1.54) is 6.07 Å². The van der Waals surface area contributed by atoms with Gasteiger partial charge in [0, 0.05) is 19.5 Å². The molecule has 0 aromatic heterocycles. The summed E-state index contributed by atoms with van der Waals surface area (Å²) in [6, 6.07) is 4.70. The first kappa shape index (κ1) is 17.8. The second-order valence-electron chi connectivity index (χ2n) is 4.25. The number of hydrogen-bond donors (Lipinski definition) is 1. The molecule has 1 aromatic rings. The SMILES string of the molecule is C=CCNC(=O)CCN(c1cccc(Cl)c1Cl)S(C)(=O)=O. The van der Waals surface area contributed by atoms with Crippen molar-refractivity contribution < 1.29 is 13.2 Å². The maximum Gasteiger partial charge on any atom is 0.232 e. The quantitative estimate of drug-likeness (QED) is 0.768. The number of rotatable bonds is 7. The lowest BCUT2D eigenvalue weighted by molar-refractivity contribution is -0.120. The molecule has 0 saturated heterocycles. The van der Waals surface area contributed by atoms with Crippen LogP contribution in [0.3, 0.4) is 0 Å². The number of halogens is 2. The zero-order valence-electron chi connectivity index (χ0n) is 11.5. The van der Waals surface area contributed by atoms with Crippen LogP contribution in [0.1, 0.15) is 6.42 Å². The van der Waals surface area contributed by atoms with Crippen molar-refractivity contribution in [1.29, 1.82) is 0 Å². The summed E-state index contributed by atoms with van der Waals surface area (Å²) in [5.74, 6) is -0.276. The molecule has 21 heavy (non-hydrogen) atoms. The largest absolute Gasteiger partial charge is 0.353 e. The van der Waals surface area contributed by atoms with Crippen LogP contribution in [-0.2, 0) is 14.8 Å². The van der Waals surface area contributed by atoms with Crippen LogP contribution < -0.4 is 9.62 Å². The number of carbonyl (C=O) groups excluding carboxylic acids is 1. The van der Waals surface area contributed by atoms with Gasteiger partial charge in [0.05, 0.1) is 22.0 Å². The molecule has 0 radical (unpaired) electrons. The van der Waals surface area contributed by atoms with E-state index in [-0.39, 0.29) is 34.6 Å². The van der Waals surface area contributed by atoms with Crippen LogP contribution in [-0.4, -0.2) is 33.7 Å². The first-order valence-electron chi connectivity index (χ1n) is 6.06. The van der Waals surface area contributed by atoms with Crippen molar-refractivity contribution in [2.24, 2.45) is 0 Å². The lowest BCUT2D eigenvalue weighted by Gasteiger charge is -2.23. The summed E-state index contributed by atoms with van der Waals surface area (Å²) in [4.78, 5) is 11.6. The van der Waals surface area contributed by atoms with Crippen molar-refractivity contribution in [3.8, 4) is 0 Å². The summed E-state index contributed by atoms with van der Waals surface area (Å²) >= 11 is 11.9. The number of nitrogens with one attached hydrogen (secondary N) is 1. The molecule has 1 rings (SSSR count). The topological polar surface area (TPSA) is 66.5 Å². The van der Waals surface area contributed by atoms with Crippen LogP contribution in [0.4, 0.5) is 5.69 Å². The van der Waals surface area contributed by atoms with Crippen LogP contribution in [0.25, 0.3) is 0 Å². The molecule has 0 atom stereocenters. The highest BCUT2D eigenvalue weighted by molar-refractivity contribution is 7.92. The van der Waals surface area contributed by atoms with Gasteiger partial charge in [-0.05, 0) is 12.1 Å². The summed E-state index contributed by atoms with van der Waals surface area (Å²) in [6.07, 6.45) is 2.59. The van der Waals surface area contributed by atoms with E-state index in [0.29, 0.717) is 6.54 Å². The van der Waals surface area contributed by atoms with Gasteiger partial charge in [-0.15, -0.1) is 6.58 Å². The normalized spacial score (nSPS) is 11.0. The molecule has 0 aliphatic rings. The summed E-state index contributed by atoms with van der Waals surface area (Å²) in [5.41, 5.74) is 0.253. The Hall–Kier alpha value is -1.24. The highest BCUT2D eigenvalue weighted by Gasteiger charge is 2.21. The number of carbonyl (C=O) groups is 1. The van der Waals surface area contributed by atoms with Crippen molar-refractivity contribution in [1.82, 2.24) is 5.32 Å². The molecular weight excluding hydrogens is 335 g/mol. The number of sulfonamides is 1. The Balaban J connectivity index is 2.95. The minimum atomic E-state index is -3.58. The van der Waals surface area contributed by atoms with Gasteiger partial charge in [-0.2, -0.15) is 0 Å². The summed E-state index contributed by atoms with van der Waals surface area (Å²) in [5, 5.41) is 2.96. The minimum absolute atomic E-state index is 0.00372. The van der Waals surface area contributed by atoms with Crippen molar-refractivity contribution in [2.75, 3.05) is 23.7 Å². The second kappa shape index (κ2) is 7.68. The van der Waals surface area contributed by atoms with E-state index in [9.17, 15) is 13.2 Å². The molecule has 8 heteroatoms. The van der Waals surface area contributed by atoms with Crippen molar-refractivity contribution in [2.45, 2.75) is 6.42 Å². The van der Waals surface area contributed by atoms with Crippen molar-refractivity contribution in [3.63, 3.8) is 0 Å². The molecule has 0 aliphatic carbocycles. The fraction of sp³-hybridized carbons (Fsp3) is 0.308. The fourth-order valence-corrected chi connectivity index (χ4v) is 3.01. The van der Waals surface area contributed by atoms with Crippen LogP contribution in [0, 0.1) is 0 Å². The molecule has 0 heterocycles. The smallest absolute Gasteiger partial charge is 0.232 e. The van der Waals surface area contributed by atoms with Crippen molar-refractivity contribution in [3.05, 3.63) is 40.9 Å². The Morgan fingerprint density at radius 1 is 1.43 bits per heavy atom. The minimum Gasteiger partial charge on any atom is -0.353 e. The molecule has 1 amide bonds. The van der Waals surface area contributed by atoms with Gasteiger partial charge in [0.2, 0.25) is 15.9 Å². The third-order valence-corrected chi connectivity index (χ3v) is 4.57. The zero-order chi connectivity index (χ0) is 16.0. The van der Waals surface area contributed by atoms with E-state index in [0.717, 1.165) is 10.6 Å². The number of nitrogens with zero attached hydrogens (tertiary/aromatic N) is 1. The number of hydrogen-bond acceptors (Lipinski definition) is 3. The number of anilines is 1. The predicted octanol–water partition coefficient (Wildman–Crippen LogP) is 2.45. The van der Waals surface area contributed by atoms with Crippen molar-refractivity contribution >= 4 is 44.8 Å². The van der Waals surface area contributed by atoms with E-state index >= 15 is 0 Å². The van der Waals surface area contributed by atoms with Gasteiger partial charge in [-0.1, -0.05) is 35.3 Å². The first-order chi connectivity index (χ1) is 9.77. The first-order valence-corrected chi connectivity index (χ1v) is 8.67. The van der Waals surface area contributed by atoms with Gasteiger partial charge in [0.15, 0.2) is 0 Å². The van der Waals surface area contributed by atoms with E-state index in [2.05, 4.69) is 11.9 Å². The maximum absolute atomic E-state index is 11.9. The Morgan fingerprint density at radius 3 is 2.67 bits per heavy atom. The molecule has 1 N–H and O–H groups in total. The molecular formula is C13H16Cl2N2O3S. The molecule has 0 spiro atoms. The van der Waals surface area contributed by atoms with Gasteiger partial charge in [-0.3, -0.25) is 9.10 Å². The molecule has 0 fully saturated rings. The van der Waals surface area contributed by atoms with E-state index in [4.69, 9.17) is 23.2 Å². The zero-order valence-corrected chi connectivity index (χ0v) is 13.8. The highest BCUT2D eigenvalue weighted by Crippen LogP contribution is 2.33. The van der Waals surface area contributed by atoms with Crippen LogP contribution in [0.15, 0.2) is 30.9 Å². The Kier molecular flexibility index (Phi) is 6.51. The molecule has 1 aromatic carbocycles. The van der Waals surface area contributed by atoms with Gasteiger partial charge in [0.1, 0.15) is 0 Å². The van der Waals surface area contributed by atoms with E-state index in [1.807, 2.05) is 0 Å². The Bertz CT molecular complexity index is 632. The summed E-state index contributed by atoms with van der Waals surface area (Å²) in [7, 11) is -3.58. The third kappa shape index (κ3) is 5.22. The molecule has 0 unspecified atom stereocenters. The Morgan fingerprint density at radius 2 is 2.10 bits per heavy atom. The summed E-state index contributed by atoms with van der Waals surface area (Å²) in [6.45, 7) is 3.79. The fourth-order valence-electron chi connectivity index (χ4n) is 1.63.